The van der Waals surface area contributed by atoms with E-state index in [4.69, 9.17) is 9.84 Å². The Morgan fingerprint density at radius 1 is 1.37 bits per heavy atom. The Hall–Kier alpha value is -1.55. The molecule has 0 spiro atoms. The molecule has 1 unspecified atom stereocenters. The minimum Gasteiger partial charge on any atom is -0.493 e. The fraction of sp³-hybridized carbons (Fsp3) is 0.533. The summed E-state index contributed by atoms with van der Waals surface area (Å²) in [6.07, 6.45) is 0.896. The number of hydrogen-bond acceptors (Lipinski definition) is 3. The first-order valence-corrected chi connectivity index (χ1v) is 6.63. The number of para-hydroxylation sites is 1. The van der Waals surface area contributed by atoms with Crippen LogP contribution in [0.1, 0.15) is 30.9 Å². The normalized spacial score (nSPS) is 12.0. The van der Waals surface area contributed by atoms with Crippen molar-refractivity contribution in [3.8, 4) is 5.75 Å². The minimum atomic E-state index is -0.0489. The van der Waals surface area contributed by atoms with Crippen molar-refractivity contribution >= 4 is 5.91 Å². The van der Waals surface area contributed by atoms with E-state index in [-0.39, 0.29) is 18.6 Å². The molecule has 0 saturated carbocycles. The minimum absolute atomic E-state index is 0.00213. The van der Waals surface area contributed by atoms with Gasteiger partial charge in [0.25, 0.3) is 0 Å². The highest BCUT2D eigenvalue weighted by Gasteiger charge is 2.08. The van der Waals surface area contributed by atoms with Crippen LogP contribution in [0.3, 0.4) is 0 Å². The van der Waals surface area contributed by atoms with Crippen LogP contribution in [0.4, 0.5) is 0 Å². The van der Waals surface area contributed by atoms with Gasteiger partial charge in [-0.1, -0.05) is 18.2 Å². The van der Waals surface area contributed by atoms with Crippen LogP contribution in [-0.2, 0) is 4.79 Å². The maximum atomic E-state index is 11.6. The Balaban J connectivity index is 2.36. The van der Waals surface area contributed by atoms with E-state index in [0.717, 1.165) is 16.9 Å². The molecule has 1 aromatic carbocycles. The fourth-order valence-electron chi connectivity index (χ4n) is 1.89. The molecule has 0 radical (unpaired) electrons. The van der Waals surface area contributed by atoms with E-state index < -0.39 is 0 Å². The van der Waals surface area contributed by atoms with Crippen LogP contribution < -0.4 is 10.1 Å². The topological polar surface area (TPSA) is 58.6 Å². The van der Waals surface area contributed by atoms with E-state index in [9.17, 15) is 4.79 Å². The number of aryl methyl sites for hydroxylation is 2. The maximum absolute atomic E-state index is 11.6. The standard InChI is InChI=1S/C15H23NO3/c1-11-5-4-6-12(2)15(11)19-10-8-14(18)16-13(3)7-9-17/h4-6,13,17H,7-10H2,1-3H3,(H,16,18). The summed E-state index contributed by atoms with van der Waals surface area (Å²) in [4.78, 5) is 11.6. The molecular formula is C15H23NO3. The molecule has 0 aliphatic rings. The average Bonchev–Trinajstić information content (AvgIpc) is 2.33. The van der Waals surface area contributed by atoms with Gasteiger partial charge >= 0.3 is 0 Å². The highest BCUT2D eigenvalue weighted by atomic mass is 16.5. The lowest BCUT2D eigenvalue weighted by Crippen LogP contribution is -2.33. The molecule has 1 amide bonds. The molecule has 0 heterocycles. The molecule has 2 N–H and O–H groups in total. The number of hydrogen-bond donors (Lipinski definition) is 2. The molecule has 1 rings (SSSR count). The molecule has 19 heavy (non-hydrogen) atoms. The van der Waals surface area contributed by atoms with Crippen LogP contribution in [0.2, 0.25) is 0 Å². The largest absolute Gasteiger partial charge is 0.493 e. The first kappa shape index (κ1) is 15.5. The molecule has 0 saturated heterocycles. The van der Waals surface area contributed by atoms with E-state index >= 15 is 0 Å². The Labute approximate surface area is 114 Å². The van der Waals surface area contributed by atoms with E-state index in [1.807, 2.05) is 39.0 Å². The number of nitrogens with one attached hydrogen (secondary N) is 1. The van der Waals surface area contributed by atoms with Gasteiger partial charge in [-0.05, 0) is 38.3 Å². The Kier molecular flexibility index (Phi) is 6.36. The van der Waals surface area contributed by atoms with Gasteiger partial charge in [0.05, 0.1) is 13.0 Å². The first-order valence-electron chi connectivity index (χ1n) is 6.63. The van der Waals surface area contributed by atoms with Crippen molar-refractivity contribution in [2.45, 2.75) is 39.7 Å². The summed E-state index contributed by atoms with van der Waals surface area (Å²) in [5, 5.41) is 11.6. The van der Waals surface area contributed by atoms with Gasteiger partial charge in [-0.3, -0.25) is 4.79 Å². The molecule has 4 nitrogen and oxygen atoms in total. The monoisotopic (exact) mass is 265 g/mol. The second-order valence-electron chi connectivity index (χ2n) is 4.80. The lowest BCUT2D eigenvalue weighted by molar-refractivity contribution is -0.122. The zero-order chi connectivity index (χ0) is 14.3. The van der Waals surface area contributed by atoms with Crippen LogP contribution in [0, 0.1) is 13.8 Å². The quantitative estimate of drug-likeness (QED) is 0.792. The number of carbonyl (C=O) groups excluding carboxylic acids is 1. The molecule has 0 aromatic heterocycles. The summed E-state index contributed by atoms with van der Waals surface area (Å²) in [5.74, 6) is 0.811. The number of aliphatic hydroxyl groups is 1. The molecule has 0 aliphatic carbocycles. The molecule has 106 valence electrons. The number of benzene rings is 1. The summed E-state index contributed by atoms with van der Waals surface area (Å²) < 4.78 is 5.67. The van der Waals surface area contributed by atoms with Crippen LogP contribution in [-0.4, -0.2) is 30.3 Å². The van der Waals surface area contributed by atoms with Gasteiger partial charge < -0.3 is 15.2 Å². The summed E-state index contributed by atoms with van der Waals surface area (Å²) in [5.41, 5.74) is 2.16. The molecule has 0 fully saturated rings. The summed E-state index contributed by atoms with van der Waals surface area (Å²) in [6, 6.07) is 5.97. The zero-order valence-electron chi connectivity index (χ0n) is 11.9. The van der Waals surface area contributed by atoms with Gasteiger partial charge in [0.2, 0.25) is 5.91 Å². The SMILES string of the molecule is Cc1cccc(C)c1OCCC(=O)NC(C)CCO. The van der Waals surface area contributed by atoms with Gasteiger partial charge in [0, 0.05) is 12.6 Å². The van der Waals surface area contributed by atoms with Gasteiger partial charge in [0.15, 0.2) is 0 Å². The number of ether oxygens (including phenoxy) is 1. The highest BCUT2D eigenvalue weighted by molar-refractivity contribution is 5.76. The van der Waals surface area contributed by atoms with Crippen LogP contribution in [0.5, 0.6) is 5.75 Å². The number of aliphatic hydroxyl groups excluding tert-OH is 1. The third kappa shape index (κ3) is 5.30. The first-order chi connectivity index (χ1) is 9.04. The van der Waals surface area contributed by atoms with Gasteiger partial charge in [-0.25, -0.2) is 0 Å². The summed E-state index contributed by atoms with van der Waals surface area (Å²) >= 11 is 0. The second kappa shape index (κ2) is 7.79. The molecule has 1 atom stereocenters. The van der Waals surface area contributed by atoms with Gasteiger partial charge in [0.1, 0.15) is 5.75 Å². The van der Waals surface area contributed by atoms with E-state index in [2.05, 4.69) is 5.32 Å². The lowest BCUT2D eigenvalue weighted by Gasteiger charge is -2.14. The highest BCUT2D eigenvalue weighted by Crippen LogP contribution is 2.22. The van der Waals surface area contributed by atoms with Crippen LogP contribution in [0.25, 0.3) is 0 Å². The van der Waals surface area contributed by atoms with Crippen molar-refractivity contribution in [3.05, 3.63) is 29.3 Å². The van der Waals surface area contributed by atoms with Crippen molar-refractivity contribution in [1.82, 2.24) is 5.32 Å². The second-order valence-corrected chi connectivity index (χ2v) is 4.80. The summed E-state index contributed by atoms with van der Waals surface area (Å²) in [7, 11) is 0. The Bertz CT molecular complexity index is 398. The third-order valence-electron chi connectivity index (χ3n) is 2.95. The van der Waals surface area contributed by atoms with Crippen molar-refractivity contribution in [2.24, 2.45) is 0 Å². The smallest absolute Gasteiger partial charge is 0.223 e. The third-order valence-corrected chi connectivity index (χ3v) is 2.95. The van der Waals surface area contributed by atoms with Crippen molar-refractivity contribution in [1.29, 1.82) is 0 Å². The van der Waals surface area contributed by atoms with Crippen LogP contribution >= 0.6 is 0 Å². The van der Waals surface area contributed by atoms with Crippen molar-refractivity contribution in [3.63, 3.8) is 0 Å². The van der Waals surface area contributed by atoms with Crippen molar-refractivity contribution in [2.75, 3.05) is 13.2 Å². The Morgan fingerprint density at radius 3 is 2.58 bits per heavy atom. The summed E-state index contributed by atoms with van der Waals surface area (Å²) in [6.45, 7) is 6.31. The van der Waals surface area contributed by atoms with Gasteiger partial charge in [-0.2, -0.15) is 0 Å². The lowest BCUT2D eigenvalue weighted by atomic mass is 10.1. The zero-order valence-corrected chi connectivity index (χ0v) is 11.9. The number of amides is 1. The number of rotatable bonds is 7. The molecular weight excluding hydrogens is 242 g/mol. The van der Waals surface area contributed by atoms with E-state index in [1.165, 1.54) is 0 Å². The predicted octanol–water partition coefficient (Wildman–Crippen LogP) is 1.96. The van der Waals surface area contributed by atoms with Crippen LogP contribution in [0.15, 0.2) is 18.2 Å². The molecule has 0 bridgehead atoms. The average molecular weight is 265 g/mol. The maximum Gasteiger partial charge on any atom is 0.223 e. The predicted molar refractivity (Wildman–Crippen MR) is 75.3 cm³/mol. The molecule has 4 heteroatoms. The number of carbonyl (C=O) groups is 1. The van der Waals surface area contributed by atoms with Gasteiger partial charge in [-0.15, -0.1) is 0 Å². The molecule has 1 aromatic rings. The fourth-order valence-corrected chi connectivity index (χ4v) is 1.89. The Morgan fingerprint density at radius 2 is 2.00 bits per heavy atom. The van der Waals surface area contributed by atoms with Crippen molar-refractivity contribution < 1.29 is 14.6 Å². The molecule has 0 aliphatic heterocycles. The van der Waals surface area contributed by atoms with E-state index in [1.54, 1.807) is 0 Å². The van der Waals surface area contributed by atoms with E-state index in [0.29, 0.717) is 19.4 Å².